The number of nitrogens with two attached hydrogens (primary N) is 1. The number of aliphatic carboxylic acids is 1. The molecule has 6 heteroatoms. The van der Waals surface area contributed by atoms with Crippen LogP contribution < -0.4 is 10.5 Å². The van der Waals surface area contributed by atoms with E-state index in [-0.39, 0.29) is 6.42 Å². The van der Waals surface area contributed by atoms with E-state index < -0.39 is 12.0 Å². The van der Waals surface area contributed by atoms with Gasteiger partial charge in [0, 0.05) is 11.6 Å². The molecule has 0 amide bonds. The minimum absolute atomic E-state index is 0.110. The molecule has 1 aromatic carbocycles. The van der Waals surface area contributed by atoms with Crippen molar-refractivity contribution in [3.8, 4) is 11.8 Å². The minimum Gasteiger partial charge on any atom is -0.489 e. The summed E-state index contributed by atoms with van der Waals surface area (Å²) >= 11 is 1.38. The molecule has 0 aliphatic carbocycles. The number of hydrogen-bond donors (Lipinski definition) is 2. The topological polar surface area (TPSA) is 96.3 Å². The summed E-state index contributed by atoms with van der Waals surface area (Å²) < 4.78 is 5.61. The van der Waals surface area contributed by atoms with Crippen LogP contribution in [0.15, 0.2) is 35.7 Å². The van der Waals surface area contributed by atoms with Gasteiger partial charge in [-0.1, -0.05) is 12.1 Å². The van der Waals surface area contributed by atoms with E-state index in [1.54, 1.807) is 24.3 Å². The van der Waals surface area contributed by atoms with E-state index in [4.69, 9.17) is 20.8 Å². The molecule has 2 aromatic rings. The van der Waals surface area contributed by atoms with E-state index >= 15 is 0 Å². The molecular formula is C15H14N2O3S. The van der Waals surface area contributed by atoms with Crippen LogP contribution in [0, 0.1) is 11.3 Å². The highest BCUT2D eigenvalue weighted by molar-refractivity contribution is 7.10. The van der Waals surface area contributed by atoms with Crippen LogP contribution in [-0.2, 0) is 11.4 Å². The van der Waals surface area contributed by atoms with E-state index in [2.05, 4.69) is 6.07 Å². The smallest absolute Gasteiger partial charge is 0.305 e. The summed E-state index contributed by atoms with van der Waals surface area (Å²) in [4.78, 5) is 11.3. The number of nitrogens with zero attached hydrogens (tertiary/aromatic N) is 1. The molecule has 21 heavy (non-hydrogen) atoms. The quantitative estimate of drug-likeness (QED) is 0.855. The lowest BCUT2D eigenvalue weighted by Gasteiger charge is -2.11. The van der Waals surface area contributed by atoms with Crippen molar-refractivity contribution in [2.45, 2.75) is 19.1 Å². The van der Waals surface area contributed by atoms with Crippen molar-refractivity contribution < 1.29 is 14.6 Å². The fourth-order valence-corrected chi connectivity index (χ4v) is 2.53. The van der Waals surface area contributed by atoms with Crippen molar-refractivity contribution in [3.05, 3.63) is 51.7 Å². The van der Waals surface area contributed by atoms with Crippen molar-refractivity contribution >= 4 is 17.3 Å². The fraction of sp³-hybridized carbons (Fsp3) is 0.200. The Morgan fingerprint density at radius 2 is 2.10 bits per heavy atom. The SMILES string of the molecule is N#Cc1sccc1COc1ccc(C(N)CC(=O)O)cc1. The number of carbonyl (C=O) groups is 1. The Kier molecular flexibility index (Phi) is 4.93. The number of carboxylic acid groups (broad SMARTS) is 1. The molecule has 0 spiro atoms. The molecule has 0 radical (unpaired) electrons. The first-order valence-corrected chi connectivity index (χ1v) is 7.14. The summed E-state index contributed by atoms with van der Waals surface area (Å²) in [7, 11) is 0. The van der Waals surface area contributed by atoms with Gasteiger partial charge in [0.1, 0.15) is 23.3 Å². The number of rotatable bonds is 6. The molecule has 1 aromatic heterocycles. The molecule has 1 unspecified atom stereocenters. The van der Waals surface area contributed by atoms with Gasteiger partial charge in [0.25, 0.3) is 0 Å². The highest BCUT2D eigenvalue weighted by Crippen LogP contribution is 2.21. The number of carboxylic acids is 1. The summed E-state index contributed by atoms with van der Waals surface area (Å²) in [6.45, 7) is 0.326. The summed E-state index contributed by atoms with van der Waals surface area (Å²) in [5.41, 5.74) is 7.38. The lowest BCUT2D eigenvalue weighted by atomic mass is 10.0. The molecule has 1 atom stereocenters. The second-order valence-electron chi connectivity index (χ2n) is 4.45. The van der Waals surface area contributed by atoms with Crippen LogP contribution in [-0.4, -0.2) is 11.1 Å². The highest BCUT2D eigenvalue weighted by Gasteiger charge is 2.10. The first-order chi connectivity index (χ1) is 10.1. The predicted octanol–water partition coefficient (Wildman–Crippen LogP) is 2.67. The number of benzene rings is 1. The van der Waals surface area contributed by atoms with Crippen LogP contribution in [0.1, 0.15) is 28.5 Å². The molecule has 0 bridgehead atoms. The Labute approximate surface area is 126 Å². The molecule has 5 nitrogen and oxygen atoms in total. The number of hydrogen-bond acceptors (Lipinski definition) is 5. The third kappa shape index (κ3) is 4.05. The van der Waals surface area contributed by atoms with Gasteiger partial charge in [0.2, 0.25) is 0 Å². The summed E-state index contributed by atoms with van der Waals surface area (Å²) in [6.07, 6.45) is -0.110. The van der Waals surface area contributed by atoms with Gasteiger partial charge in [0.05, 0.1) is 6.42 Å². The van der Waals surface area contributed by atoms with Gasteiger partial charge in [-0.2, -0.15) is 5.26 Å². The first-order valence-electron chi connectivity index (χ1n) is 6.26. The van der Waals surface area contributed by atoms with Crippen LogP contribution in [0.2, 0.25) is 0 Å². The van der Waals surface area contributed by atoms with Crippen LogP contribution in [0.4, 0.5) is 0 Å². The maximum absolute atomic E-state index is 10.6. The maximum atomic E-state index is 10.6. The molecule has 3 N–H and O–H groups in total. The molecule has 1 heterocycles. The van der Waals surface area contributed by atoms with Crippen molar-refractivity contribution in [1.82, 2.24) is 0 Å². The summed E-state index contributed by atoms with van der Waals surface area (Å²) in [6, 6.07) is 10.4. The van der Waals surface area contributed by atoms with Gasteiger partial charge < -0.3 is 15.6 Å². The lowest BCUT2D eigenvalue weighted by molar-refractivity contribution is -0.137. The highest BCUT2D eigenvalue weighted by atomic mass is 32.1. The second kappa shape index (κ2) is 6.88. The summed E-state index contributed by atoms with van der Waals surface area (Å²) in [5, 5.41) is 19.5. The van der Waals surface area contributed by atoms with E-state index in [1.807, 2.05) is 11.4 Å². The molecule has 0 saturated carbocycles. The molecule has 0 fully saturated rings. The van der Waals surface area contributed by atoms with Crippen LogP contribution in [0.25, 0.3) is 0 Å². The van der Waals surface area contributed by atoms with Gasteiger partial charge >= 0.3 is 5.97 Å². The van der Waals surface area contributed by atoms with E-state index in [0.29, 0.717) is 17.2 Å². The van der Waals surface area contributed by atoms with Gasteiger partial charge in [-0.15, -0.1) is 11.3 Å². The third-order valence-corrected chi connectivity index (χ3v) is 3.81. The Hall–Kier alpha value is -2.36. The summed E-state index contributed by atoms with van der Waals surface area (Å²) in [5.74, 6) is -0.277. The molecule has 108 valence electrons. The minimum atomic E-state index is -0.927. The van der Waals surface area contributed by atoms with Crippen molar-refractivity contribution in [2.75, 3.05) is 0 Å². The van der Waals surface area contributed by atoms with E-state index in [9.17, 15) is 4.79 Å². The first kappa shape index (κ1) is 15.0. The van der Waals surface area contributed by atoms with Gasteiger partial charge in [-0.05, 0) is 29.1 Å². The maximum Gasteiger partial charge on any atom is 0.305 e. The number of nitriles is 1. The molecule has 0 aliphatic rings. The Morgan fingerprint density at radius 1 is 1.38 bits per heavy atom. The zero-order valence-electron chi connectivity index (χ0n) is 11.2. The van der Waals surface area contributed by atoms with Crippen molar-refractivity contribution in [2.24, 2.45) is 5.73 Å². The van der Waals surface area contributed by atoms with Gasteiger partial charge in [-0.25, -0.2) is 0 Å². The monoisotopic (exact) mass is 302 g/mol. The fourth-order valence-electron chi connectivity index (χ4n) is 1.83. The number of thiophene rings is 1. The second-order valence-corrected chi connectivity index (χ2v) is 5.36. The Morgan fingerprint density at radius 3 is 2.71 bits per heavy atom. The van der Waals surface area contributed by atoms with Crippen LogP contribution in [0.5, 0.6) is 5.75 Å². The predicted molar refractivity (Wildman–Crippen MR) is 79.0 cm³/mol. The molecule has 2 rings (SSSR count). The van der Waals surface area contributed by atoms with Crippen LogP contribution >= 0.6 is 11.3 Å². The molecule has 0 aliphatic heterocycles. The van der Waals surface area contributed by atoms with Gasteiger partial charge in [0.15, 0.2) is 0 Å². The molecule has 0 saturated heterocycles. The molecular weight excluding hydrogens is 288 g/mol. The Balaban J connectivity index is 1.97. The van der Waals surface area contributed by atoms with Gasteiger partial charge in [-0.3, -0.25) is 4.79 Å². The lowest BCUT2D eigenvalue weighted by Crippen LogP contribution is -2.14. The zero-order chi connectivity index (χ0) is 15.2. The third-order valence-electron chi connectivity index (χ3n) is 2.95. The van der Waals surface area contributed by atoms with E-state index in [0.717, 1.165) is 11.1 Å². The largest absolute Gasteiger partial charge is 0.489 e. The van der Waals surface area contributed by atoms with Crippen LogP contribution in [0.3, 0.4) is 0 Å². The normalized spacial score (nSPS) is 11.6. The van der Waals surface area contributed by atoms with E-state index in [1.165, 1.54) is 11.3 Å². The van der Waals surface area contributed by atoms with Crippen molar-refractivity contribution in [1.29, 1.82) is 5.26 Å². The van der Waals surface area contributed by atoms with Crippen molar-refractivity contribution in [3.63, 3.8) is 0 Å². The average molecular weight is 302 g/mol. The number of ether oxygens (including phenoxy) is 1. The average Bonchev–Trinajstić information content (AvgIpc) is 2.92. The standard InChI is InChI=1S/C15H14N2O3S/c16-8-14-11(5-6-21-14)9-20-12-3-1-10(2-4-12)13(17)7-15(18)19/h1-6,13H,7,9,17H2,(H,18,19). The zero-order valence-corrected chi connectivity index (χ0v) is 12.0. The Bertz CT molecular complexity index is 658.